The molecule has 0 saturated carbocycles. The summed E-state index contributed by atoms with van der Waals surface area (Å²) in [6, 6.07) is 35.7. The van der Waals surface area contributed by atoms with Crippen molar-refractivity contribution in [2.45, 2.75) is 0 Å². The van der Waals surface area contributed by atoms with Gasteiger partial charge in [0.25, 0.3) is 5.95 Å². The number of nitrogens with zero attached hydrogens (tertiary/aromatic N) is 7. The van der Waals surface area contributed by atoms with Crippen molar-refractivity contribution in [2.24, 2.45) is 4.99 Å². The predicted octanol–water partition coefficient (Wildman–Crippen LogP) is 7.43. The highest BCUT2D eigenvalue weighted by Crippen LogP contribution is 2.34. The number of rotatable bonds is 5. The summed E-state index contributed by atoms with van der Waals surface area (Å²) >= 11 is 0. The first-order chi connectivity index (χ1) is 20.2. The van der Waals surface area contributed by atoms with Crippen LogP contribution in [0.25, 0.3) is 67.4 Å². The Morgan fingerprint density at radius 1 is 0.610 bits per heavy atom. The molecule has 7 aromatic rings. The number of nitriles is 1. The molecular weight excluding hydrogens is 510 g/mol. The second-order valence-electron chi connectivity index (χ2n) is 9.25. The van der Waals surface area contributed by atoms with Crippen LogP contribution >= 0.6 is 0 Å². The Hall–Kier alpha value is -6.07. The zero-order chi connectivity index (χ0) is 27.8. The summed E-state index contributed by atoms with van der Waals surface area (Å²) in [4.78, 5) is 26.8. The maximum atomic E-state index is 9.56. The van der Waals surface area contributed by atoms with Gasteiger partial charge in [-0.15, -0.1) is 0 Å². The molecule has 0 bridgehead atoms. The highest BCUT2D eigenvalue weighted by atomic mass is 16.3. The molecule has 8 heteroatoms. The van der Waals surface area contributed by atoms with Gasteiger partial charge in [-0.25, -0.2) is 24.9 Å². The van der Waals surface area contributed by atoms with E-state index in [1.54, 1.807) is 0 Å². The van der Waals surface area contributed by atoms with E-state index in [9.17, 15) is 5.26 Å². The third kappa shape index (κ3) is 4.37. The van der Waals surface area contributed by atoms with Crippen molar-refractivity contribution in [3.8, 4) is 51.4 Å². The maximum absolute atomic E-state index is 9.56. The fraction of sp³-hybridized carbons (Fsp3) is 0. The first-order valence-electron chi connectivity index (χ1n) is 12.8. The second-order valence-corrected chi connectivity index (χ2v) is 9.25. The number of aliphatic imine (C=N–C) groups is 1. The van der Waals surface area contributed by atoms with Crippen LogP contribution in [0.3, 0.4) is 0 Å². The molecule has 192 valence electrons. The summed E-state index contributed by atoms with van der Waals surface area (Å²) in [5.41, 5.74) is 6.12. The van der Waals surface area contributed by atoms with Crippen molar-refractivity contribution in [3.63, 3.8) is 0 Å². The molecule has 4 aromatic carbocycles. The number of aromatic nitrogens is 5. The number of hydrogen-bond acceptors (Lipinski definition) is 8. The number of hydrogen-bond donors (Lipinski definition) is 0. The van der Waals surface area contributed by atoms with E-state index in [1.807, 2.05) is 103 Å². The zero-order valence-corrected chi connectivity index (χ0v) is 21.6. The zero-order valence-electron chi connectivity index (χ0n) is 21.6. The van der Waals surface area contributed by atoms with E-state index in [-0.39, 0.29) is 11.6 Å². The van der Waals surface area contributed by atoms with Gasteiger partial charge in [-0.2, -0.15) is 10.2 Å². The van der Waals surface area contributed by atoms with Crippen molar-refractivity contribution in [2.75, 3.05) is 0 Å². The van der Waals surface area contributed by atoms with Crippen LogP contribution in [0.15, 0.2) is 113 Å². The maximum Gasteiger partial charge on any atom is 0.250 e. The van der Waals surface area contributed by atoms with Crippen LogP contribution in [-0.2, 0) is 0 Å². The third-order valence-electron chi connectivity index (χ3n) is 6.70. The summed E-state index contributed by atoms with van der Waals surface area (Å²) in [7, 11) is 0. The summed E-state index contributed by atoms with van der Waals surface area (Å²) < 4.78 is 6.04. The van der Waals surface area contributed by atoms with Crippen LogP contribution in [0.5, 0.6) is 0 Å². The lowest BCUT2D eigenvalue weighted by Gasteiger charge is -2.09. The molecule has 0 amide bonds. The van der Waals surface area contributed by atoms with Crippen molar-refractivity contribution in [1.29, 1.82) is 5.26 Å². The Kier molecular flexibility index (Phi) is 5.80. The normalized spacial score (nSPS) is 11.0. The molecule has 0 aliphatic rings. The number of fused-ring (bicyclic) bond motifs is 3. The average Bonchev–Trinajstić information content (AvgIpc) is 3.43. The standard InChI is InChI=1S/C33H19N7O/c1-35-33-36-26(19-34)29-28(37-33)25-16-15-23(18-27(25)41-29)22-13-8-14-24(17-22)32-39-30(20-9-4-2-5-10-20)38-31(40-32)21-11-6-3-7-12-21/h2-18H,1H2. The average molecular weight is 530 g/mol. The Morgan fingerprint density at radius 3 is 1.83 bits per heavy atom. The third-order valence-corrected chi connectivity index (χ3v) is 6.70. The lowest BCUT2D eigenvalue weighted by Crippen LogP contribution is -2.00. The van der Waals surface area contributed by atoms with Gasteiger partial charge in [0.1, 0.15) is 17.2 Å². The predicted molar refractivity (Wildman–Crippen MR) is 158 cm³/mol. The van der Waals surface area contributed by atoms with E-state index < -0.39 is 0 Å². The van der Waals surface area contributed by atoms with E-state index in [4.69, 9.17) is 19.4 Å². The molecule has 0 radical (unpaired) electrons. The van der Waals surface area contributed by atoms with E-state index >= 15 is 0 Å². The molecule has 0 atom stereocenters. The number of benzene rings is 4. The second kappa shape index (κ2) is 9.91. The molecule has 7 rings (SSSR count). The molecule has 3 heterocycles. The lowest BCUT2D eigenvalue weighted by atomic mass is 10.0. The molecule has 8 nitrogen and oxygen atoms in total. The van der Waals surface area contributed by atoms with Crippen LogP contribution in [0.4, 0.5) is 5.95 Å². The van der Waals surface area contributed by atoms with Gasteiger partial charge in [0.05, 0.1) is 0 Å². The Balaban J connectivity index is 1.35. The summed E-state index contributed by atoms with van der Waals surface area (Å²) in [6.45, 7) is 3.48. The molecule has 0 aliphatic carbocycles. The van der Waals surface area contributed by atoms with Gasteiger partial charge in [0.15, 0.2) is 28.8 Å². The van der Waals surface area contributed by atoms with Gasteiger partial charge >= 0.3 is 0 Å². The molecule has 41 heavy (non-hydrogen) atoms. The SMILES string of the molecule is C=Nc1nc(C#N)c2oc3cc(-c4cccc(-c5nc(-c6ccccc6)nc(-c6ccccc6)n5)c4)ccc3c2n1. The van der Waals surface area contributed by atoms with E-state index in [0.29, 0.717) is 34.2 Å². The number of furan rings is 1. The van der Waals surface area contributed by atoms with E-state index in [0.717, 1.165) is 33.2 Å². The van der Waals surface area contributed by atoms with E-state index in [2.05, 4.69) is 27.7 Å². The Morgan fingerprint density at radius 2 is 1.20 bits per heavy atom. The minimum atomic E-state index is 0.121. The van der Waals surface area contributed by atoms with Crippen LogP contribution in [0.2, 0.25) is 0 Å². The molecular formula is C33H19N7O. The van der Waals surface area contributed by atoms with Crippen LogP contribution in [0.1, 0.15) is 5.69 Å². The Labute approximate surface area is 234 Å². The highest BCUT2D eigenvalue weighted by Gasteiger charge is 2.17. The fourth-order valence-corrected chi connectivity index (χ4v) is 4.73. The molecule has 3 aromatic heterocycles. The van der Waals surface area contributed by atoms with Crippen molar-refractivity contribution >= 4 is 34.7 Å². The first kappa shape index (κ1) is 24.0. The topological polar surface area (TPSA) is 114 Å². The smallest absolute Gasteiger partial charge is 0.250 e. The first-order valence-corrected chi connectivity index (χ1v) is 12.8. The summed E-state index contributed by atoms with van der Waals surface area (Å²) in [5.74, 6) is 1.91. The van der Waals surface area contributed by atoms with Crippen molar-refractivity contribution < 1.29 is 4.42 Å². The van der Waals surface area contributed by atoms with Crippen molar-refractivity contribution in [3.05, 3.63) is 109 Å². The molecule has 0 fully saturated rings. The highest BCUT2D eigenvalue weighted by molar-refractivity contribution is 6.05. The van der Waals surface area contributed by atoms with Gasteiger partial charge < -0.3 is 4.42 Å². The fourth-order valence-electron chi connectivity index (χ4n) is 4.73. The quantitative estimate of drug-likeness (QED) is 0.213. The van der Waals surface area contributed by atoms with Gasteiger partial charge in [-0.3, -0.25) is 0 Å². The van der Waals surface area contributed by atoms with Crippen LogP contribution in [-0.4, -0.2) is 31.6 Å². The molecule has 0 spiro atoms. The molecule has 0 unspecified atom stereocenters. The lowest BCUT2D eigenvalue weighted by molar-refractivity contribution is 0.664. The minimum Gasteiger partial charge on any atom is -0.451 e. The van der Waals surface area contributed by atoms with Gasteiger partial charge in [-0.1, -0.05) is 84.9 Å². The van der Waals surface area contributed by atoms with Gasteiger partial charge in [0, 0.05) is 22.1 Å². The molecule has 0 N–H and O–H groups in total. The van der Waals surface area contributed by atoms with Crippen LogP contribution in [0, 0.1) is 11.3 Å². The van der Waals surface area contributed by atoms with Crippen LogP contribution < -0.4 is 0 Å². The Bertz CT molecular complexity index is 2070. The largest absolute Gasteiger partial charge is 0.451 e. The van der Waals surface area contributed by atoms with E-state index in [1.165, 1.54) is 0 Å². The molecule has 0 saturated heterocycles. The monoisotopic (exact) mass is 529 g/mol. The van der Waals surface area contributed by atoms with Crippen molar-refractivity contribution in [1.82, 2.24) is 24.9 Å². The van der Waals surface area contributed by atoms with Gasteiger partial charge in [-0.05, 0) is 36.0 Å². The summed E-state index contributed by atoms with van der Waals surface area (Å²) in [5, 5.41) is 10.3. The van der Waals surface area contributed by atoms with Gasteiger partial charge in [0.2, 0.25) is 0 Å². The minimum absolute atomic E-state index is 0.121. The molecule has 0 aliphatic heterocycles. The summed E-state index contributed by atoms with van der Waals surface area (Å²) in [6.07, 6.45) is 0.